The minimum absolute atomic E-state index is 0.0356. The van der Waals surface area contributed by atoms with E-state index >= 15 is 0 Å². The van der Waals surface area contributed by atoms with Gasteiger partial charge in [-0.15, -0.1) is 0 Å². The van der Waals surface area contributed by atoms with Crippen LogP contribution in [-0.4, -0.2) is 55.2 Å². The van der Waals surface area contributed by atoms with Gasteiger partial charge in [-0.3, -0.25) is 15.0 Å². The van der Waals surface area contributed by atoms with Crippen LogP contribution in [0.4, 0.5) is 21.9 Å². The molecule has 3 rings (SSSR count). The number of benzene rings is 1. The van der Waals surface area contributed by atoms with Gasteiger partial charge in [-0.1, -0.05) is 13.8 Å². The maximum absolute atomic E-state index is 11.9. The van der Waals surface area contributed by atoms with E-state index in [-0.39, 0.29) is 5.69 Å². The number of nitrogens with zero attached hydrogens (tertiary/aromatic N) is 3. The molecule has 0 spiro atoms. The lowest BCUT2D eigenvalue weighted by atomic mass is 9.92. The van der Waals surface area contributed by atoms with Crippen LogP contribution in [0.15, 0.2) is 18.2 Å². The molecule has 27 heavy (non-hydrogen) atoms. The SMILES string of the molecule is CC1CC(C)CN(CCCNc2ccc([N+](=O)[O-])cc2N2CCOC2=O)C1. The smallest absolute Gasteiger partial charge is 0.414 e. The zero-order valence-electron chi connectivity index (χ0n) is 16.0. The van der Waals surface area contributed by atoms with Gasteiger partial charge in [0.05, 0.1) is 22.8 Å². The second-order valence-electron chi connectivity index (χ2n) is 7.71. The number of anilines is 2. The van der Waals surface area contributed by atoms with Crippen molar-refractivity contribution in [3.63, 3.8) is 0 Å². The lowest BCUT2D eigenvalue weighted by Gasteiger charge is -2.35. The van der Waals surface area contributed by atoms with Crippen molar-refractivity contribution < 1.29 is 14.5 Å². The molecule has 2 saturated heterocycles. The molecule has 0 saturated carbocycles. The predicted molar refractivity (Wildman–Crippen MR) is 104 cm³/mol. The molecule has 1 N–H and O–H groups in total. The monoisotopic (exact) mass is 376 g/mol. The van der Waals surface area contributed by atoms with Crippen molar-refractivity contribution >= 4 is 23.2 Å². The van der Waals surface area contributed by atoms with Gasteiger partial charge in [0.15, 0.2) is 0 Å². The summed E-state index contributed by atoms with van der Waals surface area (Å²) in [6, 6.07) is 4.56. The fourth-order valence-corrected chi connectivity index (χ4v) is 4.12. The number of carbonyl (C=O) groups excluding carboxylic acids is 1. The first-order valence-corrected chi connectivity index (χ1v) is 9.63. The summed E-state index contributed by atoms with van der Waals surface area (Å²) in [4.78, 5) is 26.5. The quantitative estimate of drug-likeness (QED) is 0.446. The Hall–Kier alpha value is -2.35. The fourth-order valence-electron chi connectivity index (χ4n) is 4.12. The number of nitro benzene ring substituents is 1. The highest BCUT2D eigenvalue weighted by molar-refractivity contribution is 5.94. The van der Waals surface area contributed by atoms with Gasteiger partial charge in [-0.2, -0.15) is 0 Å². The van der Waals surface area contributed by atoms with E-state index in [4.69, 9.17) is 4.74 Å². The second kappa shape index (κ2) is 8.56. The zero-order chi connectivity index (χ0) is 19.4. The van der Waals surface area contributed by atoms with Crippen LogP contribution in [0.25, 0.3) is 0 Å². The second-order valence-corrected chi connectivity index (χ2v) is 7.71. The molecule has 148 valence electrons. The van der Waals surface area contributed by atoms with Crippen LogP contribution in [0.1, 0.15) is 26.7 Å². The molecule has 2 unspecified atom stereocenters. The van der Waals surface area contributed by atoms with Crippen LogP contribution in [0, 0.1) is 22.0 Å². The third-order valence-corrected chi connectivity index (χ3v) is 5.15. The van der Waals surface area contributed by atoms with Crippen molar-refractivity contribution in [3.05, 3.63) is 28.3 Å². The fraction of sp³-hybridized carbons (Fsp3) is 0.632. The number of amides is 1. The number of carbonyl (C=O) groups is 1. The van der Waals surface area contributed by atoms with Crippen molar-refractivity contribution in [2.24, 2.45) is 11.8 Å². The van der Waals surface area contributed by atoms with E-state index in [0.29, 0.717) is 18.8 Å². The van der Waals surface area contributed by atoms with E-state index < -0.39 is 11.0 Å². The Labute approximate surface area is 159 Å². The first-order valence-electron chi connectivity index (χ1n) is 9.63. The van der Waals surface area contributed by atoms with Gasteiger partial charge in [0, 0.05) is 31.8 Å². The Morgan fingerprint density at radius 3 is 2.67 bits per heavy atom. The first-order chi connectivity index (χ1) is 12.9. The van der Waals surface area contributed by atoms with Crippen LogP contribution >= 0.6 is 0 Å². The van der Waals surface area contributed by atoms with Crippen LogP contribution in [-0.2, 0) is 4.74 Å². The highest BCUT2D eigenvalue weighted by atomic mass is 16.6. The summed E-state index contributed by atoms with van der Waals surface area (Å²) in [5.74, 6) is 1.48. The summed E-state index contributed by atoms with van der Waals surface area (Å²) >= 11 is 0. The number of nitro groups is 1. The Kier molecular flexibility index (Phi) is 6.15. The third-order valence-electron chi connectivity index (χ3n) is 5.15. The largest absolute Gasteiger partial charge is 0.447 e. The molecule has 2 aliphatic rings. The minimum atomic E-state index is -0.463. The lowest BCUT2D eigenvalue weighted by Crippen LogP contribution is -2.39. The number of nitrogens with one attached hydrogen (secondary N) is 1. The van der Waals surface area contributed by atoms with Gasteiger partial charge in [-0.05, 0) is 37.3 Å². The van der Waals surface area contributed by atoms with Gasteiger partial charge in [-0.25, -0.2) is 4.79 Å². The van der Waals surface area contributed by atoms with E-state index in [0.717, 1.165) is 50.1 Å². The molecule has 8 nitrogen and oxygen atoms in total. The molecule has 0 aliphatic carbocycles. The molecule has 1 amide bonds. The van der Waals surface area contributed by atoms with Crippen molar-refractivity contribution in [1.29, 1.82) is 0 Å². The number of non-ortho nitro benzene ring substituents is 1. The van der Waals surface area contributed by atoms with Crippen molar-refractivity contribution in [2.45, 2.75) is 26.7 Å². The Morgan fingerprint density at radius 2 is 2.04 bits per heavy atom. The number of hydrogen-bond donors (Lipinski definition) is 1. The number of likely N-dealkylation sites (tertiary alicyclic amines) is 1. The summed E-state index contributed by atoms with van der Waals surface area (Å²) in [5.41, 5.74) is 1.19. The molecule has 2 fully saturated rings. The molecular weight excluding hydrogens is 348 g/mol. The summed E-state index contributed by atoms with van der Waals surface area (Å²) in [6.45, 7) is 9.37. The highest BCUT2D eigenvalue weighted by Gasteiger charge is 2.27. The molecule has 1 aromatic rings. The van der Waals surface area contributed by atoms with E-state index in [9.17, 15) is 14.9 Å². The Morgan fingerprint density at radius 1 is 1.30 bits per heavy atom. The average Bonchev–Trinajstić information content (AvgIpc) is 3.03. The maximum Gasteiger partial charge on any atom is 0.414 e. The van der Waals surface area contributed by atoms with Gasteiger partial charge in [0.25, 0.3) is 5.69 Å². The van der Waals surface area contributed by atoms with Crippen LogP contribution < -0.4 is 10.2 Å². The molecule has 0 radical (unpaired) electrons. The first kappa shape index (κ1) is 19.4. The van der Waals surface area contributed by atoms with Crippen LogP contribution in [0.2, 0.25) is 0 Å². The van der Waals surface area contributed by atoms with Crippen LogP contribution in [0.3, 0.4) is 0 Å². The van der Waals surface area contributed by atoms with E-state index in [1.807, 2.05) is 0 Å². The van der Waals surface area contributed by atoms with Gasteiger partial charge in [0.2, 0.25) is 0 Å². The van der Waals surface area contributed by atoms with Crippen molar-refractivity contribution in [2.75, 3.05) is 49.5 Å². The third kappa shape index (κ3) is 4.88. The van der Waals surface area contributed by atoms with Crippen molar-refractivity contribution in [1.82, 2.24) is 4.90 Å². The molecule has 1 aromatic carbocycles. The van der Waals surface area contributed by atoms with Gasteiger partial charge < -0.3 is 15.0 Å². The Bertz CT molecular complexity index is 686. The normalized spacial score (nSPS) is 23.3. The predicted octanol–water partition coefficient (Wildman–Crippen LogP) is 3.33. The molecule has 2 atom stereocenters. The van der Waals surface area contributed by atoms with E-state index in [1.165, 1.54) is 23.5 Å². The lowest BCUT2D eigenvalue weighted by molar-refractivity contribution is -0.384. The number of ether oxygens (including phenoxy) is 1. The zero-order valence-corrected chi connectivity index (χ0v) is 16.0. The van der Waals surface area contributed by atoms with Gasteiger partial charge in [0.1, 0.15) is 6.61 Å². The van der Waals surface area contributed by atoms with E-state index in [1.54, 1.807) is 6.07 Å². The number of rotatable bonds is 7. The summed E-state index contributed by atoms with van der Waals surface area (Å²) in [6.07, 6.45) is 1.81. The topological polar surface area (TPSA) is 87.9 Å². The summed E-state index contributed by atoms with van der Waals surface area (Å²) in [5, 5.41) is 14.4. The Balaban J connectivity index is 1.60. The number of piperidine rings is 1. The molecule has 2 heterocycles. The van der Waals surface area contributed by atoms with E-state index in [2.05, 4.69) is 24.1 Å². The van der Waals surface area contributed by atoms with Gasteiger partial charge >= 0.3 is 6.09 Å². The standard InChI is InChI=1S/C19H28N4O4/c1-14-10-15(2)13-21(12-14)7-3-6-20-17-5-4-16(23(25)26)11-18(17)22-8-9-27-19(22)24/h4-5,11,14-15,20H,3,6-10,12-13H2,1-2H3. The molecule has 2 aliphatic heterocycles. The van der Waals surface area contributed by atoms with Crippen LogP contribution in [0.5, 0.6) is 0 Å². The summed E-state index contributed by atoms with van der Waals surface area (Å²) < 4.78 is 4.98. The van der Waals surface area contributed by atoms with Crippen molar-refractivity contribution in [3.8, 4) is 0 Å². The highest BCUT2D eigenvalue weighted by Crippen LogP contribution is 2.32. The maximum atomic E-state index is 11.9. The molecule has 8 heteroatoms. The number of cyclic esters (lactones) is 1. The number of hydrogen-bond acceptors (Lipinski definition) is 6. The summed E-state index contributed by atoms with van der Waals surface area (Å²) in [7, 11) is 0. The minimum Gasteiger partial charge on any atom is -0.447 e. The molecule has 0 aromatic heterocycles. The average molecular weight is 376 g/mol. The molecule has 0 bridgehead atoms. The molecular formula is C19H28N4O4.